The summed E-state index contributed by atoms with van der Waals surface area (Å²) in [6.45, 7) is 6.59. The van der Waals surface area contributed by atoms with Crippen LogP contribution in [0.15, 0.2) is 48.9 Å². The van der Waals surface area contributed by atoms with Crippen molar-refractivity contribution in [2.45, 2.75) is 33.1 Å². The van der Waals surface area contributed by atoms with E-state index in [0.29, 0.717) is 18.5 Å². The Labute approximate surface area is 184 Å². The summed E-state index contributed by atoms with van der Waals surface area (Å²) in [4.78, 5) is 24.9. The van der Waals surface area contributed by atoms with Crippen molar-refractivity contribution in [3.63, 3.8) is 0 Å². The van der Waals surface area contributed by atoms with Gasteiger partial charge in [-0.05, 0) is 30.7 Å². The first-order valence-corrected chi connectivity index (χ1v) is 9.72. The Morgan fingerprint density at radius 2 is 1.93 bits per heavy atom. The molecular formula is C23H28N4O2S. The zero-order valence-corrected chi connectivity index (χ0v) is 18.8. The standard InChI is InChI=1S/C23H26N4O2.H2S/c1-5-21(28)17-8-9-19(22(10-17)29-4)15(2)12-25-23-11-20(26-14-27-23)18-7-6-16(3)24-13-18;/h6-11,13-15H,5,12H2,1-4H3,(H,25,26,27);1H2/t15-;/m1./s1. The molecule has 0 saturated carbocycles. The van der Waals surface area contributed by atoms with Crippen LogP contribution in [0.1, 0.15) is 47.8 Å². The van der Waals surface area contributed by atoms with Crippen LogP contribution >= 0.6 is 13.5 Å². The van der Waals surface area contributed by atoms with E-state index in [-0.39, 0.29) is 25.2 Å². The Morgan fingerprint density at radius 3 is 2.60 bits per heavy atom. The number of carbonyl (C=O) groups excluding carboxylic acids is 1. The molecule has 0 aliphatic rings. The molecule has 7 heteroatoms. The van der Waals surface area contributed by atoms with Crippen molar-refractivity contribution in [3.05, 3.63) is 65.7 Å². The van der Waals surface area contributed by atoms with Gasteiger partial charge in [0, 0.05) is 48.0 Å². The van der Waals surface area contributed by atoms with Crippen LogP contribution in [-0.4, -0.2) is 34.4 Å². The fourth-order valence-electron chi connectivity index (χ4n) is 3.09. The van der Waals surface area contributed by atoms with Gasteiger partial charge >= 0.3 is 0 Å². The van der Waals surface area contributed by atoms with Gasteiger partial charge in [-0.15, -0.1) is 0 Å². The van der Waals surface area contributed by atoms with Gasteiger partial charge in [-0.25, -0.2) is 9.97 Å². The van der Waals surface area contributed by atoms with Gasteiger partial charge in [0.05, 0.1) is 12.8 Å². The SMILES string of the molecule is CCC(=O)c1ccc([C@H](C)CNc2cc(-c3ccc(C)nc3)ncn2)c(OC)c1.S. The highest BCUT2D eigenvalue weighted by Gasteiger charge is 2.14. The lowest BCUT2D eigenvalue weighted by Crippen LogP contribution is -2.12. The largest absolute Gasteiger partial charge is 0.496 e. The molecule has 0 amide bonds. The minimum atomic E-state index is 0. The number of nitrogens with zero attached hydrogens (tertiary/aromatic N) is 3. The molecule has 0 radical (unpaired) electrons. The van der Waals surface area contributed by atoms with Crippen LogP contribution in [0.5, 0.6) is 5.75 Å². The lowest BCUT2D eigenvalue weighted by molar-refractivity contribution is 0.0988. The second-order valence-corrected chi connectivity index (χ2v) is 6.99. The van der Waals surface area contributed by atoms with Crippen molar-refractivity contribution >= 4 is 25.1 Å². The van der Waals surface area contributed by atoms with Crippen molar-refractivity contribution in [1.82, 2.24) is 15.0 Å². The van der Waals surface area contributed by atoms with E-state index < -0.39 is 0 Å². The number of ether oxygens (including phenoxy) is 1. The molecule has 2 aromatic heterocycles. The number of benzene rings is 1. The van der Waals surface area contributed by atoms with Crippen molar-refractivity contribution in [1.29, 1.82) is 0 Å². The number of carbonyl (C=O) groups is 1. The maximum atomic E-state index is 12.0. The molecule has 6 nitrogen and oxygen atoms in total. The first kappa shape index (κ1) is 23.3. The summed E-state index contributed by atoms with van der Waals surface area (Å²) in [7, 11) is 1.63. The number of methoxy groups -OCH3 is 1. The third kappa shape index (κ3) is 5.57. The molecule has 3 rings (SSSR count). The predicted octanol–water partition coefficient (Wildman–Crippen LogP) is 4.78. The Hall–Kier alpha value is -2.93. The van der Waals surface area contributed by atoms with Crippen molar-refractivity contribution < 1.29 is 9.53 Å². The Balaban J connectivity index is 0.00000320. The summed E-state index contributed by atoms with van der Waals surface area (Å²) in [6, 6.07) is 11.5. The van der Waals surface area contributed by atoms with Gasteiger partial charge in [0.25, 0.3) is 0 Å². The number of aryl methyl sites for hydroxylation is 1. The molecule has 158 valence electrons. The Morgan fingerprint density at radius 1 is 1.13 bits per heavy atom. The molecule has 0 aliphatic heterocycles. The first-order chi connectivity index (χ1) is 14.0. The molecule has 0 spiro atoms. The molecular weight excluding hydrogens is 396 g/mol. The molecule has 0 fully saturated rings. The summed E-state index contributed by atoms with van der Waals surface area (Å²) in [5, 5.41) is 3.37. The van der Waals surface area contributed by atoms with Crippen molar-refractivity contribution in [2.75, 3.05) is 19.0 Å². The van der Waals surface area contributed by atoms with E-state index in [1.165, 1.54) is 0 Å². The van der Waals surface area contributed by atoms with Gasteiger partial charge in [-0.2, -0.15) is 13.5 Å². The normalized spacial score (nSPS) is 11.3. The molecule has 1 aromatic carbocycles. The molecule has 0 bridgehead atoms. The summed E-state index contributed by atoms with van der Waals surface area (Å²) < 4.78 is 5.53. The smallest absolute Gasteiger partial charge is 0.162 e. The predicted molar refractivity (Wildman–Crippen MR) is 125 cm³/mol. The van der Waals surface area contributed by atoms with Crippen LogP contribution in [0.25, 0.3) is 11.3 Å². The average Bonchev–Trinajstić information content (AvgIpc) is 2.77. The van der Waals surface area contributed by atoms with Gasteiger partial charge in [-0.1, -0.05) is 26.0 Å². The van der Waals surface area contributed by atoms with Gasteiger partial charge in [0.1, 0.15) is 17.9 Å². The van der Waals surface area contributed by atoms with Crippen LogP contribution < -0.4 is 10.1 Å². The fraction of sp³-hybridized carbons (Fsp3) is 0.304. The summed E-state index contributed by atoms with van der Waals surface area (Å²) in [6.07, 6.45) is 3.84. The number of Topliss-reactive ketones (excluding diaryl/α,β-unsaturated/α-hetero) is 1. The monoisotopic (exact) mass is 424 g/mol. The highest BCUT2D eigenvalue weighted by Crippen LogP contribution is 2.28. The number of rotatable bonds is 8. The van der Waals surface area contributed by atoms with E-state index in [0.717, 1.165) is 34.1 Å². The fourth-order valence-corrected chi connectivity index (χ4v) is 3.09. The Kier molecular flexibility index (Phi) is 8.35. The van der Waals surface area contributed by atoms with Gasteiger partial charge in [0.2, 0.25) is 0 Å². The highest BCUT2D eigenvalue weighted by atomic mass is 32.1. The van der Waals surface area contributed by atoms with Crippen LogP contribution in [-0.2, 0) is 0 Å². The van der Waals surface area contributed by atoms with Gasteiger partial charge in [0.15, 0.2) is 5.78 Å². The van der Waals surface area contributed by atoms with Crippen LogP contribution in [0, 0.1) is 6.92 Å². The summed E-state index contributed by atoms with van der Waals surface area (Å²) in [5.41, 5.74) is 4.47. The summed E-state index contributed by atoms with van der Waals surface area (Å²) in [5.74, 6) is 1.75. The van der Waals surface area contributed by atoms with E-state index in [2.05, 4.69) is 27.2 Å². The van der Waals surface area contributed by atoms with Gasteiger partial charge in [-0.3, -0.25) is 9.78 Å². The second-order valence-electron chi connectivity index (χ2n) is 6.99. The molecule has 0 aliphatic carbocycles. The topological polar surface area (TPSA) is 77.0 Å². The lowest BCUT2D eigenvalue weighted by Gasteiger charge is -2.17. The van der Waals surface area contributed by atoms with Crippen molar-refractivity contribution in [2.24, 2.45) is 0 Å². The van der Waals surface area contributed by atoms with Crippen molar-refractivity contribution in [3.8, 4) is 17.0 Å². The molecule has 3 aromatic rings. The summed E-state index contributed by atoms with van der Waals surface area (Å²) >= 11 is 0. The maximum absolute atomic E-state index is 12.0. The quantitative estimate of drug-likeness (QED) is 0.525. The molecule has 1 atom stereocenters. The number of hydrogen-bond donors (Lipinski definition) is 1. The highest BCUT2D eigenvalue weighted by molar-refractivity contribution is 7.59. The zero-order chi connectivity index (χ0) is 20.8. The van der Waals surface area contributed by atoms with E-state index in [1.807, 2.05) is 56.4 Å². The molecule has 0 unspecified atom stereocenters. The number of ketones is 1. The lowest BCUT2D eigenvalue weighted by atomic mass is 9.97. The number of pyridine rings is 1. The molecule has 2 heterocycles. The van der Waals surface area contributed by atoms with Crippen LogP contribution in [0.2, 0.25) is 0 Å². The maximum Gasteiger partial charge on any atom is 0.162 e. The minimum absolute atomic E-state index is 0. The minimum Gasteiger partial charge on any atom is -0.496 e. The average molecular weight is 425 g/mol. The first-order valence-electron chi connectivity index (χ1n) is 9.72. The number of nitrogens with one attached hydrogen (secondary N) is 1. The number of anilines is 1. The Bertz CT molecular complexity index is 993. The van der Waals surface area contributed by atoms with E-state index in [1.54, 1.807) is 13.4 Å². The van der Waals surface area contributed by atoms with Crippen LogP contribution in [0.4, 0.5) is 5.82 Å². The zero-order valence-electron chi connectivity index (χ0n) is 17.8. The van der Waals surface area contributed by atoms with E-state index >= 15 is 0 Å². The molecule has 1 N–H and O–H groups in total. The van der Waals surface area contributed by atoms with E-state index in [9.17, 15) is 4.79 Å². The number of hydrogen-bond acceptors (Lipinski definition) is 6. The van der Waals surface area contributed by atoms with Crippen LogP contribution in [0.3, 0.4) is 0 Å². The molecule has 30 heavy (non-hydrogen) atoms. The van der Waals surface area contributed by atoms with E-state index in [4.69, 9.17) is 4.74 Å². The third-order valence-electron chi connectivity index (χ3n) is 4.87. The van der Waals surface area contributed by atoms with Gasteiger partial charge < -0.3 is 10.1 Å². The number of aromatic nitrogens is 3. The third-order valence-corrected chi connectivity index (χ3v) is 4.87. The molecule has 0 saturated heterocycles. The second kappa shape index (κ2) is 10.7.